The van der Waals surface area contributed by atoms with Gasteiger partial charge in [0.2, 0.25) is 0 Å². The molecule has 1 aliphatic carbocycles. The van der Waals surface area contributed by atoms with E-state index in [9.17, 15) is 4.39 Å². The Morgan fingerprint density at radius 1 is 0.706 bits per heavy atom. The maximum absolute atomic E-state index is 14.7. The van der Waals surface area contributed by atoms with Crippen LogP contribution in [0.4, 0.5) is 4.39 Å². The Morgan fingerprint density at radius 3 is 2.24 bits per heavy atom. The van der Waals surface area contributed by atoms with Crippen molar-refractivity contribution in [2.75, 3.05) is 0 Å². The van der Waals surface area contributed by atoms with Crippen molar-refractivity contribution in [2.24, 2.45) is 5.41 Å². The van der Waals surface area contributed by atoms with Gasteiger partial charge in [0.15, 0.2) is 0 Å². The summed E-state index contributed by atoms with van der Waals surface area (Å²) >= 11 is 0. The SMILES string of the molecule is [2H]C([2H])([2H])c1c[c-]c(-c2ccc(C([2H])([2H])C(C)(C)C)cn2)cc1-c1ccccc1.[2H]C([2H])([2H])c1cnc(-c2[c-]ccc3c2oc2cc4c(ccc5ccccc54)cc23)cc1-c1ccc(C2([2H])CCC(C)(F)CC2)cc1C([2H])([2H])[2H].[Ir]. The Bertz CT molecular complexity index is 3930. The van der Waals surface area contributed by atoms with Gasteiger partial charge in [0, 0.05) is 54.3 Å². The van der Waals surface area contributed by atoms with Crippen LogP contribution in [0.3, 0.4) is 0 Å². The zero-order valence-electron chi connectivity index (χ0n) is 50.3. The van der Waals surface area contributed by atoms with E-state index < -0.39 is 43.9 Å². The van der Waals surface area contributed by atoms with Crippen LogP contribution in [0.15, 0.2) is 156 Å². The number of fused-ring (bicyclic) bond motifs is 6. The van der Waals surface area contributed by atoms with E-state index in [0.29, 0.717) is 50.4 Å². The molecule has 343 valence electrons. The van der Waals surface area contributed by atoms with Crippen LogP contribution in [0.2, 0.25) is 0 Å². The number of aryl methyl sites for hydroxylation is 3. The predicted molar refractivity (Wildman–Crippen MR) is 278 cm³/mol. The van der Waals surface area contributed by atoms with E-state index in [1.54, 1.807) is 48.7 Å². The number of pyridine rings is 2. The molecule has 1 radical (unpaired) electrons. The third kappa shape index (κ3) is 9.70. The summed E-state index contributed by atoms with van der Waals surface area (Å²) in [5.41, 5.74) is 4.38. The van der Waals surface area contributed by atoms with E-state index in [1.807, 2.05) is 75.4 Å². The summed E-state index contributed by atoms with van der Waals surface area (Å²) in [4.78, 5) is 9.01. The van der Waals surface area contributed by atoms with Gasteiger partial charge >= 0.3 is 0 Å². The van der Waals surface area contributed by atoms with E-state index in [2.05, 4.69) is 52.4 Å². The Morgan fingerprint density at radius 2 is 1.47 bits per heavy atom. The molecule has 0 saturated heterocycles. The quantitative estimate of drug-likeness (QED) is 0.123. The minimum atomic E-state index is -2.63. The van der Waals surface area contributed by atoms with Crippen LogP contribution in [0.25, 0.3) is 88.3 Å². The van der Waals surface area contributed by atoms with E-state index in [0.717, 1.165) is 37.9 Å². The van der Waals surface area contributed by atoms with Crippen molar-refractivity contribution in [2.45, 2.75) is 91.9 Å². The standard InChI is InChI=1S/C40H33FNO.C23H24N.Ir/c1-24-19-28(26-15-17-40(3,41)18-16-26)13-14-30(24)34-21-37(42-23-25(34)2)33-10-6-9-32-36-20-29-12-11-27-7-4-5-8-31(27)35(29)22-38(36)43-39(32)33;1-17-10-12-20(14-21(17)19-8-6-5-7-9-19)22-13-11-18(16-24-22)15-23(2,3)4;/h4-9,11-14,19-23,26H,15-18H2,1-3H3;5-11,13-14,16H,15H2,1-4H3;/q2*-1;/i1D3,2D3,26D;1D3,15D2;. The van der Waals surface area contributed by atoms with Crippen molar-refractivity contribution < 1.29 is 45.4 Å². The number of furan rings is 1. The van der Waals surface area contributed by atoms with Crippen molar-refractivity contribution in [1.29, 1.82) is 0 Å². The van der Waals surface area contributed by atoms with Gasteiger partial charge < -0.3 is 14.4 Å². The topological polar surface area (TPSA) is 38.9 Å². The fourth-order valence-corrected chi connectivity index (χ4v) is 9.16. The van der Waals surface area contributed by atoms with Crippen LogP contribution in [0, 0.1) is 38.1 Å². The first-order valence-corrected chi connectivity index (χ1v) is 22.6. The van der Waals surface area contributed by atoms with Gasteiger partial charge in [0.05, 0.1) is 5.58 Å². The van der Waals surface area contributed by atoms with Gasteiger partial charge in [0.25, 0.3) is 0 Å². The zero-order chi connectivity index (χ0) is 56.7. The maximum atomic E-state index is 14.7. The maximum Gasteiger partial charge on any atom is 0.121 e. The van der Waals surface area contributed by atoms with Gasteiger partial charge in [-0.15, -0.1) is 47.5 Å². The summed E-state index contributed by atoms with van der Waals surface area (Å²) in [7, 11) is 0. The molecule has 10 aromatic rings. The molecule has 0 unspecified atom stereocenters. The molecule has 3 aromatic heterocycles. The third-order valence-corrected chi connectivity index (χ3v) is 12.7. The van der Waals surface area contributed by atoms with E-state index in [1.165, 1.54) is 25.3 Å². The van der Waals surface area contributed by atoms with Crippen LogP contribution >= 0.6 is 0 Å². The summed E-state index contributed by atoms with van der Waals surface area (Å²) in [6.07, 6.45) is 2.21. The van der Waals surface area contributed by atoms with Crippen molar-refractivity contribution in [3.63, 3.8) is 0 Å². The number of halogens is 1. The molecular formula is C63H57FIrN2O-2. The second kappa shape index (κ2) is 19.0. The number of nitrogens with zero attached hydrogens (tertiary/aromatic N) is 2. The van der Waals surface area contributed by atoms with Crippen molar-refractivity contribution >= 4 is 43.5 Å². The largest absolute Gasteiger partial charge is 0.501 e. The average molecular weight is 1080 g/mol. The molecule has 3 heterocycles. The summed E-state index contributed by atoms with van der Waals surface area (Å²) in [6.45, 7) is -0.377. The number of benzene rings is 7. The van der Waals surface area contributed by atoms with Gasteiger partial charge in [-0.3, -0.25) is 0 Å². The van der Waals surface area contributed by atoms with Crippen molar-refractivity contribution in [3.8, 4) is 44.8 Å². The fraction of sp³-hybridized carbons (Fsp3) is 0.238. The first-order valence-electron chi connectivity index (χ1n) is 28.6. The van der Waals surface area contributed by atoms with Gasteiger partial charge in [-0.1, -0.05) is 147 Å². The molecule has 0 atom stereocenters. The Hall–Kier alpha value is -6.26. The molecule has 0 N–H and O–H groups in total. The number of hydrogen-bond donors (Lipinski definition) is 0. The predicted octanol–water partition coefficient (Wildman–Crippen LogP) is 17.5. The molecule has 68 heavy (non-hydrogen) atoms. The zero-order valence-corrected chi connectivity index (χ0v) is 40.7. The van der Waals surface area contributed by atoms with E-state index >= 15 is 0 Å². The molecule has 0 aliphatic heterocycles. The summed E-state index contributed by atoms with van der Waals surface area (Å²) in [5.74, 6) is -1.15. The number of hydrogen-bond acceptors (Lipinski definition) is 3. The molecule has 11 rings (SSSR count). The van der Waals surface area contributed by atoms with Crippen molar-refractivity contribution in [3.05, 3.63) is 192 Å². The molecule has 1 fully saturated rings. The second-order valence-corrected chi connectivity index (χ2v) is 18.8. The molecule has 5 heteroatoms. The van der Waals surface area contributed by atoms with Gasteiger partial charge in [0.1, 0.15) is 11.3 Å². The van der Waals surface area contributed by atoms with Crippen LogP contribution in [-0.2, 0) is 26.5 Å². The Kier molecular flexibility index (Phi) is 9.54. The van der Waals surface area contributed by atoms with Gasteiger partial charge in [-0.05, 0) is 148 Å². The minimum Gasteiger partial charge on any atom is -0.501 e. The van der Waals surface area contributed by atoms with Gasteiger partial charge in [-0.25, -0.2) is 4.39 Å². The molecular weight excluding hydrogens is 1010 g/mol. The summed E-state index contributed by atoms with van der Waals surface area (Å²) < 4.78 is 121. The Balaban J connectivity index is 0.000000221. The summed E-state index contributed by atoms with van der Waals surface area (Å²) in [5, 5.41) is 6.12. The minimum absolute atomic E-state index is 0. The van der Waals surface area contributed by atoms with Crippen molar-refractivity contribution in [1.82, 2.24) is 9.97 Å². The molecule has 0 spiro atoms. The number of alkyl halides is 1. The van der Waals surface area contributed by atoms with Crippen LogP contribution in [0.1, 0.15) is 104 Å². The van der Waals surface area contributed by atoms with Crippen LogP contribution in [0.5, 0.6) is 0 Å². The molecule has 1 aliphatic rings. The summed E-state index contributed by atoms with van der Waals surface area (Å²) in [6, 6.07) is 49.0. The van der Waals surface area contributed by atoms with E-state index in [4.69, 9.17) is 20.9 Å². The first kappa shape index (κ1) is 34.1. The molecule has 0 bridgehead atoms. The normalized spacial score (nSPS) is 20.6. The monoisotopic (exact) mass is 1080 g/mol. The smallest absolute Gasteiger partial charge is 0.121 e. The van der Waals surface area contributed by atoms with Crippen LogP contribution in [-0.4, -0.2) is 15.6 Å². The molecule has 0 amide bonds. The molecule has 1 saturated carbocycles. The fourth-order valence-electron chi connectivity index (χ4n) is 9.16. The van der Waals surface area contributed by atoms with Gasteiger partial charge in [-0.2, -0.15) is 0 Å². The number of rotatable bonds is 6. The first-order chi connectivity index (χ1) is 37.0. The molecule has 3 nitrogen and oxygen atoms in total. The Labute approximate surface area is 431 Å². The van der Waals surface area contributed by atoms with Crippen LogP contribution < -0.4 is 0 Å². The molecule has 7 aromatic carbocycles. The average Bonchev–Trinajstić information content (AvgIpc) is 3.78. The third-order valence-electron chi connectivity index (χ3n) is 12.7. The van der Waals surface area contributed by atoms with E-state index in [-0.39, 0.29) is 73.6 Å². The second-order valence-electron chi connectivity index (χ2n) is 18.8. The number of aromatic nitrogens is 2.